The fourth-order valence-corrected chi connectivity index (χ4v) is 2.75. The maximum atomic E-state index is 12.2. The highest BCUT2D eigenvalue weighted by Gasteiger charge is 2.32. The Hall–Kier alpha value is -2.35. The monoisotopic (exact) mass is 321 g/mol. The van der Waals surface area contributed by atoms with E-state index in [4.69, 9.17) is 14.6 Å². The Morgan fingerprint density at radius 3 is 2.52 bits per heavy atom. The lowest BCUT2D eigenvalue weighted by atomic mass is 10.1. The van der Waals surface area contributed by atoms with Gasteiger partial charge in [0.05, 0.1) is 31.8 Å². The number of hydrogen-bond acceptors (Lipinski definition) is 6. The summed E-state index contributed by atoms with van der Waals surface area (Å²) in [4.78, 5) is 31.2. The predicted molar refractivity (Wildman–Crippen MR) is 80.9 cm³/mol. The summed E-state index contributed by atoms with van der Waals surface area (Å²) in [6.07, 6.45) is 1.28. The van der Waals surface area contributed by atoms with Crippen molar-refractivity contribution in [1.82, 2.24) is 9.88 Å². The highest BCUT2D eigenvalue weighted by Crippen LogP contribution is 2.28. The van der Waals surface area contributed by atoms with Crippen LogP contribution >= 0.6 is 0 Å². The zero-order chi connectivity index (χ0) is 16.4. The summed E-state index contributed by atoms with van der Waals surface area (Å²) < 4.78 is 10.3. The van der Waals surface area contributed by atoms with E-state index in [1.807, 2.05) is 9.80 Å². The zero-order valence-corrected chi connectivity index (χ0v) is 12.9. The van der Waals surface area contributed by atoms with Gasteiger partial charge in [-0.1, -0.05) is 0 Å². The molecule has 0 spiro atoms. The number of piperazine rings is 1. The Morgan fingerprint density at radius 1 is 1.30 bits per heavy atom. The third-order valence-corrected chi connectivity index (χ3v) is 4.19. The molecule has 1 aromatic rings. The molecule has 1 N–H and O–H groups in total. The minimum absolute atomic E-state index is 0.00640. The van der Waals surface area contributed by atoms with Crippen molar-refractivity contribution < 1.29 is 24.2 Å². The number of anilines is 1. The van der Waals surface area contributed by atoms with E-state index in [0.29, 0.717) is 51.0 Å². The van der Waals surface area contributed by atoms with E-state index in [2.05, 4.69) is 4.98 Å². The summed E-state index contributed by atoms with van der Waals surface area (Å²) >= 11 is 0. The van der Waals surface area contributed by atoms with E-state index in [0.717, 1.165) is 0 Å². The van der Waals surface area contributed by atoms with E-state index in [1.54, 1.807) is 6.07 Å². The van der Waals surface area contributed by atoms with Crippen LogP contribution in [0, 0.1) is 5.92 Å². The molecule has 0 unspecified atom stereocenters. The third-order valence-electron chi connectivity index (χ3n) is 4.19. The number of nitrogens with zero attached hydrogens (tertiary/aromatic N) is 3. The van der Waals surface area contributed by atoms with Crippen LogP contribution in [-0.2, 0) is 9.53 Å². The van der Waals surface area contributed by atoms with Gasteiger partial charge in [-0.3, -0.25) is 4.79 Å². The van der Waals surface area contributed by atoms with Crippen LogP contribution in [0.25, 0.3) is 0 Å². The number of aromatic carboxylic acids is 1. The lowest BCUT2D eigenvalue weighted by Gasteiger charge is -2.39. The minimum Gasteiger partial charge on any atom is -0.480 e. The molecule has 3 rings (SSSR count). The smallest absolute Gasteiger partial charge is 0.337 e. The molecular formula is C15H19N3O5. The third kappa shape index (κ3) is 3.07. The number of aromatic nitrogens is 1. The van der Waals surface area contributed by atoms with Gasteiger partial charge in [-0.15, -0.1) is 0 Å². The van der Waals surface area contributed by atoms with Crippen molar-refractivity contribution in [3.63, 3.8) is 0 Å². The highest BCUT2D eigenvalue weighted by molar-refractivity contribution is 5.89. The van der Waals surface area contributed by atoms with Crippen molar-refractivity contribution in [3.8, 4) is 5.88 Å². The van der Waals surface area contributed by atoms with E-state index in [-0.39, 0.29) is 17.4 Å². The lowest BCUT2D eigenvalue weighted by molar-refractivity contribution is -0.150. The second-order valence-corrected chi connectivity index (χ2v) is 5.60. The van der Waals surface area contributed by atoms with Crippen LogP contribution in [0.1, 0.15) is 10.4 Å². The summed E-state index contributed by atoms with van der Waals surface area (Å²) in [6.45, 7) is 3.43. The van der Waals surface area contributed by atoms with Crippen molar-refractivity contribution in [2.24, 2.45) is 5.92 Å². The molecule has 1 amide bonds. The number of hydrogen-bond donors (Lipinski definition) is 1. The van der Waals surface area contributed by atoms with Crippen LogP contribution in [-0.4, -0.2) is 73.4 Å². The van der Waals surface area contributed by atoms with Gasteiger partial charge >= 0.3 is 5.97 Å². The van der Waals surface area contributed by atoms with Gasteiger partial charge in [0.1, 0.15) is 5.69 Å². The average Bonchev–Trinajstić information content (AvgIpc) is 2.52. The zero-order valence-electron chi connectivity index (χ0n) is 12.9. The largest absolute Gasteiger partial charge is 0.480 e. The van der Waals surface area contributed by atoms with Crippen LogP contribution in [0.4, 0.5) is 5.69 Å². The maximum Gasteiger partial charge on any atom is 0.337 e. The highest BCUT2D eigenvalue weighted by atomic mass is 16.5. The average molecular weight is 321 g/mol. The second-order valence-electron chi connectivity index (χ2n) is 5.60. The van der Waals surface area contributed by atoms with E-state index >= 15 is 0 Å². The Labute approximate surface area is 133 Å². The molecule has 8 nitrogen and oxygen atoms in total. The number of carboxylic acid groups (broad SMARTS) is 1. The summed E-state index contributed by atoms with van der Waals surface area (Å²) in [5.41, 5.74) is 0.761. The van der Waals surface area contributed by atoms with Gasteiger partial charge in [0.15, 0.2) is 0 Å². The molecule has 0 radical (unpaired) electrons. The topological polar surface area (TPSA) is 92.2 Å². The Kier molecular flexibility index (Phi) is 4.33. The van der Waals surface area contributed by atoms with Gasteiger partial charge in [0.25, 0.3) is 0 Å². The molecule has 0 aromatic carbocycles. The molecule has 8 heteroatoms. The maximum absolute atomic E-state index is 12.2. The molecule has 124 valence electrons. The molecule has 0 aliphatic carbocycles. The lowest BCUT2D eigenvalue weighted by Crippen LogP contribution is -2.53. The molecule has 2 aliphatic rings. The van der Waals surface area contributed by atoms with Crippen molar-refractivity contribution in [2.45, 2.75) is 0 Å². The van der Waals surface area contributed by atoms with Crippen molar-refractivity contribution >= 4 is 17.6 Å². The molecule has 0 atom stereocenters. The number of methoxy groups -OCH3 is 1. The normalized spacial score (nSPS) is 18.5. The molecule has 3 heterocycles. The van der Waals surface area contributed by atoms with Crippen LogP contribution in [0.3, 0.4) is 0 Å². The molecule has 2 fully saturated rings. The van der Waals surface area contributed by atoms with Crippen LogP contribution in [0.15, 0.2) is 12.3 Å². The predicted octanol–water partition coefficient (Wildman–Crippen LogP) is 0.0834. The molecule has 2 saturated heterocycles. The van der Waals surface area contributed by atoms with Crippen molar-refractivity contribution in [3.05, 3.63) is 17.8 Å². The summed E-state index contributed by atoms with van der Waals surface area (Å²) in [5.74, 6) is -0.504. The number of carboxylic acids is 1. The first-order chi connectivity index (χ1) is 11.1. The SMILES string of the molecule is COc1ncc(C(=O)O)cc1N1CCN(C(=O)C2COC2)CC1. The Balaban J connectivity index is 1.70. The first-order valence-electron chi connectivity index (χ1n) is 7.49. The number of rotatable bonds is 4. The second kappa shape index (κ2) is 6.41. The van der Waals surface area contributed by atoms with Gasteiger partial charge in [-0.25, -0.2) is 9.78 Å². The van der Waals surface area contributed by atoms with Crippen molar-refractivity contribution in [1.29, 1.82) is 0 Å². The van der Waals surface area contributed by atoms with E-state index in [9.17, 15) is 9.59 Å². The number of carbonyl (C=O) groups is 2. The molecular weight excluding hydrogens is 302 g/mol. The number of carbonyl (C=O) groups excluding carboxylic acids is 1. The Morgan fingerprint density at radius 2 is 2.00 bits per heavy atom. The first-order valence-corrected chi connectivity index (χ1v) is 7.49. The number of amides is 1. The summed E-state index contributed by atoms with van der Waals surface area (Å²) in [5, 5.41) is 9.12. The van der Waals surface area contributed by atoms with Crippen LogP contribution in [0.5, 0.6) is 5.88 Å². The molecule has 2 aliphatic heterocycles. The molecule has 0 bridgehead atoms. The van der Waals surface area contributed by atoms with Gasteiger partial charge in [-0.05, 0) is 6.07 Å². The molecule has 1 aromatic heterocycles. The fourth-order valence-electron chi connectivity index (χ4n) is 2.75. The van der Waals surface area contributed by atoms with E-state index in [1.165, 1.54) is 13.3 Å². The minimum atomic E-state index is -1.03. The van der Waals surface area contributed by atoms with Crippen LogP contribution < -0.4 is 9.64 Å². The Bertz CT molecular complexity index is 609. The van der Waals surface area contributed by atoms with Gasteiger partial charge < -0.3 is 24.4 Å². The van der Waals surface area contributed by atoms with E-state index < -0.39 is 5.97 Å². The first kappa shape index (κ1) is 15.5. The van der Waals surface area contributed by atoms with Crippen molar-refractivity contribution in [2.75, 3.05) is 51.4 Å². The summed E-state index contributed by atoms with van der Waals surface area (Å²) in [6, 6.07) is 1.56. The van der Waals surface area contributed by atoms with Gasteiger partial charge in [0.2, 0.25) is 11.8 Å². The molecule has 0 saturated carbocycles. The quantitative estimate of drug-likeness (QED) is 0.840. The summed E-state index contributed by atoms with van der Waals surface area (Å²) in [7, 11) is 1.50. The fraction of sp³-hybridized carbons (Fsp3) is 0.533. The van der Waals surface area contributed by atoms with Gasteiger partial charge in [-0.2, -0.15) is 0 Å². The molecule has 23 heavy (non-hydrogen) atoms. The van der Waals surface area contributed by atoms with Gasteiger partial charge in [0, 0.05) is 32.4 Å². The number of ether oxygens (including phenoxy) is 2. The standard InChI is InChI=1S/C15H19N3O5/c1-22-13-12(6-10(7-16-13)15(20)21)17-2-4-18(5-3-17)14(19)11-8-23-9-11/h6-7,11H,2-5,8-9H2,1H3,(H,20,21). The van der Waals surface area contributed by atoms with Crippen LogP contribution in [0.2, 0.25) is 0 Å². The number of pyridine rings is 1.